The molecule has 31 heavy (non-hydrogen) atoms. The quantitative estimate of drug-likeness (QED) is 0.251. The van der Waals surface area contributed by atoms with E-state index in [9.17, 15) is 4.79 Å². The third-order valence-corrected chi connectivity index (χ3v) is 9.39. The molecule has 1 amide bonds. The molecular formula is C24H41NO5Si. The van der Waals surface area contributed by atoms with E-state index in [1.54, 1.807) is 7.11 Å². The third-order valence-electron chi connectivity index (χ3n) is 5.08. The van der Waals surface area contributed by atoms with Crippen LogP contribution in [-0.2, 0) is 25.1 Å². The second-order valence-corrected chi connectivity index (χ2v) is 14.7. The zero-order valence-corrected chi connectivity index (χ0v) is 22.0. The highest BCUT2D eigenvalue weighted by atomic mass is 28.4. The second kappa shape index (κ2) is 11.0. The first-order valence-electron chi connectivity index (χ1n) is 10.8. The predicted octanol–water partition coefficient (Wildman–Crippen LogP) is 6.30. The molecule has 0 saturated heterocycles. The van der Waals surface area contributed by atoms with Crippen molar-refractivity contribution >= 4 is 14.4 Å². The van der Waals surface area contributed by atoms with Gasteiger partial charge in [-0.05, 0) is 51.4 Å². The molecule has 0 saturated carbocycles. The van der Waals surface area contributed by atoms with Gasteiger partial charge in [0.2, 0.25) is 0 Å². The Balaban J connectivity index is 3.59. The van der Waals surface area contributed by atoms with Gasteiger partial charge in [-0.1, -0.05) is 51.1 Å². The number of hydrogen-bond acceptors (Lipinski definition) is 5. The average molecular weight is 452 g/mol. The van der Waals surface area contributed by atoms with Crippen LogP contribution in [0.2, 0.25) is 18.1 Å². The zero-order chi connectivity index (χ0) is 23.9. The van der Waals surface area contributed by atoms with Crippen molar-refractivity contribution in [2.75, 3.05) is 20.4 Å². The van der Waals surface area contributed by atoms with Crippen LogP contribution in [0.25, 0.3) is 0 Å². The number of nitrogens with zero attached hydrogens (tertiary/aromatic N) is 1. The Labute approximate surface area is 189 Å². The summed E-state index contributed by atoms with van der Waals surface area (Å²) in [5, 5.41) is -0.0365. The van der Waals surface area contributed by atoms with Crippen LogP contribution >= 0.6 is 0 Å². The Morgan fingerprint density at radius 1 is 1.03 bits per heavy atom. The van der Waals surface area contributed by atoms with Crippen LogP contribution < -0.4 is 0 Å². The zero-order valence-electron chi connectivity index (χ0n) is 21.0. The summed E-state index contributed by atoms with van der Waals surface area (Å²) in [6, 6.07) is 9.92. The van der Waals surface area contributed by atoms with E-state index in [0.717, 1.165) is 5.56 Å². The summed E-state index contributed by atoms with van der Waals surface area (Å²) in [5.74, 6) is 0.362. The first-order valence-corrected chi connectivity index (χ1v) is 13.7. The molecule has 1 aromatic rings. The molecule has 6 nitrogen and oxygen atoms in total. The number of rotatable bonds is 9. The van der Waals surface area contributed by atoms with E-state index >= 15 is 0 Å². The molecule has 0 aromatic heterocycles. The largest absolute Gasteiger partial charge is 0.518 e. The maximum atomic E-state index is 13.1. The highest BCUT2D eigenvalue weighted by Crippen LogP contribution is 2.39. The molecule has 176 valence electrons. The molecule has 0 bridgehead atoms. The minimum absolute atomic E-state index is 0.0223. The minimum atomic E-state index is -2.24. The molecule has 0 N–H and O–H groups in total. The molecule has 1 aromatic carbocycles. The first kappa shape index (κ1) is 27.0. The molecule has 0 atom stereocenters. The summed E-state index contributed by atoms with van der Waals surface area (Å²) in [6.07, 6.45) is -0.0655. The van der Waals surface area contributed by atoms with Crippen molar-refractivity contribution in [2.24, 2.45) is 0 Å². The summed E-state index contributed by atoms with van der Waals surface area (Å²) in [5.41, 5.74) is 0.972. The Kier molecular flexibility index (Phi) is 9.63. The van der Waals surface area contributed by atoms with Crippen LogP contribution in [0.3, 0.4) is 0 Å². The molecule has 0 heterocycles. The highest BCUT2D eigenvalue weighted by Gasteiger charge is 2.41. The molecule has 0 spiro atoms. The van der Waals surface area contributed by atoms with Gasteiger partial charge in [0.05, 0.1) is 6.61 Å². The minimum Gasteiger partial charge on any atom is -0.518 e. The number of ether oxygens (including phenoxy) is 3. The molecular weight excluding hydrogens is 410 g/mol. The average Bonchev–Trinajstić information content (AvgIpc) is 2.62. The van der Waals surface area contributed by atoms with Crippen molar-refractivity contribution in [1.82, 2.24) is 4.90 Å². The molecule has 0 unspecified atom stereocenters. The van der Waals surface area contributed by atoms with Gasteiger partial charge < -0.3 is 18.6 Å². The van der Waals surface area contributed by atoms with Crippen molar-refractivity contribution in [3.8, 4) is 0 Å². The third kappa shape index (κ3) is 8.57. The lowest BCUT2D eigenvalue weighted by molar-refractivity contribution is 0.000412. The van der Waals surface area contributed by atoms with Gasteiger partial charge in [0.15, 0.2) is 0 Å². The van der Waals surface area contributed by atoms with Crippen molar-refractivity contribution in [3.63, 3.8) is 0 Å². The van der Waals surface area contributed by atoms with Crippen LogP contribution in [0.4, 0.5) is 4.79 Å². The predicted molar refractivity (Wildman–Crippen MR) is 127 cm³/mol. The molecule has 0 fully saturated rings. The number of carbonyl (C=O) groups is 1. The summed E-state index contributed by atoms with van der Waals surface area (Å²) in [6.45, 7) is 18.7. The van der Waals surface area contributed by atoms with E-state index in [2.05, 4.69) is 33.9 Å². The maximum Gasteiger partial charge on any atom is 0.416 e. The molecule has 0 aliphatic rings. The fourth-order valence-corrected chi connectivity index (χ4v) is 3.39. The molecule has 1 rings (SSSR count). The Morgan fingerprint density at radius 3 is 2.06 bits per heavy atom. The van der Waals surface area contributed by atoms with Crippen molar-refractivity contribution in [2.45, 2.75) is 78.6 Å². The monoisotopic (exact) mass is 451 g/mol. The van der Waals surface area contributed by atoms with Crippen molar-refractivity contribution in [3.05, 3.63) is 47.5 Å². The summed E-state index contributed by atoms with van der Waals surface area (Å²) < 4.78 is 23.6. The topological polar surface area (TPSA) is 57.2 Å². The Bertz CT molecular complexity index is 733. The van der Waals surface area contributed by atoms with E-state index in [1.807, 2.05) is 58.0 Å². The number of allylic oxidation sites excluding steroid dienone is 1. The van der Waals surface area contributed by atoms with Gasteiger partial charge in [0, 0.05) is 13.5 Å². The van der Waals surface area contributed by atoms with E-state index in [0.29, 0.717) is 24.7 Å². The Morgan fingerprint density at radius 2 is 1.61 bits per heavy atom. The number of hydrogen-bond donors (Lipinski definition) is 0. The summed E-state index contributed by atoms with van der Waals surface area (Å²) in [4.78, 5) is 14.6. The summed E-state index contributed by atoms with van der Waals surface area (Å²) in [7, 11) is -0.690. The smallest absolute Gasteiger partial charge is 0.416 e. The number of benzene rings is 1. The molecule has 0 aliphatic carbocycles. The van der Waals surface area contributed by atoms with E-state index in [4.69, 9.17) is 18.6 Å². The molecule has 7 heteroatoms. The summed E-state index contributed by atoms with van der Waals surface area (Å²) >= 11 is 0. The van der Waals surface area contributed by atoms with Crippen LogP contribution in [0.1, 0.15) is 54.0 Å². The van der Waals surface area contributed by atoms with Crippen molar-refractivity contribution in [1.29, 1.82) is 0 Å². The van der Waals surface area contributed by atoms with Gasteiger partial charge in [-0.3, -0.25) is 4.90 Å². The van der Waals surface area contributed by atoms with Crippen molar-refractivity contribution < 1.29 is 23.4 Å². The van der Waals surface area contributed by atoms with Gasteiger partial charge in [0.25, 0.3) is 14.3 Å². The van der Waals surface area contributed by atoms with E-state index in [1.165, 1.54) is 4.90 Å². The van der Waals surface area contributed by atoms with Gasteiger partial charge in [-0.15, -0.1) is 0 Å². The van der Waals surface area contributed by atoms with Crippen LogP contribution in [0, 0.1) is 0 Å². The van der Waals surface area contributed by atoms with Gasteiger partial charge in [-0.2, -0.15) is 0 Å². The first-order chi connectivity index (χ1) is 14.2. The lowest BCUT2D eigenvalue weighted by Gasteiger charge is -2.38. The molecule has 0 radical (unpaired) electrons. The number of carbonyl (C=O) groups excluding carboxylic acids is 1. The number of methoxy groups -OCH3 is 1. The SMILES string of the molecule is CCO/C(O[Si](C)(C)C(C)(C)C)=C(\Cc1ccccc1)N(COC)C(=O)OC(C)(C)C. The highest BCUT2D eigenvalue weighted by molar-refractivity contribution is 6.74. The Hall–Kier alpha value is -1.99. The van der Waals surface area contributed by atoms with Crippen LogP contribution in [0.15, 0.2) is 42.0 Å². The van der Waals surface area contributed by atoms with Gasteiger partial charge >= 0.3 is 6.09 Å². The standard InChI is InChI=1S/C24H41NO5Si/c1-11-28-21(30-31(9,10)24(5,6)7)20(17-19-15-13-12-14-16-19)25(18-27-8)22(26)29-23(2,3)4/h12-16H,11,17-18H2,1-10H3/b21-20-. The lowest BCUT2D eigenvalue weighted by Crippen LogP contribution is -2.43. The fourth-order valence-electron chi connectivity index (χ4n) is 2.44. The normalized spacial score (nSPS) is 13.4. The van der Waals surface area contributed by atoms with Gasteiger partial charge in [-0.25, -0.2) is 4.79 Å². The van der Waals surface area contributed by atoms with E-state index in [-0.39, 0.29) is 11.8 Å². The fraction of sp³-hybridized carbons (Fsp3) is 0.625. The second-order valence-electron chi connectivity index (χ2n) is 10.0. The van der Waals surface area contributed by atoms with Crippen LogP contribution in [-0.4, -0.2) is 45.4 Å². The number of amides is 1. The molecule has 0 aliphatic heterocycles. The lowest BCUT2D eigenvalue weighted by atomic mass is 10.1. The van der Waals surface area contributed by atoms with Gasteiger partial charge in [0.1, 0.15) is 18.0 Å². The van der Waals surface area contributed by atoms with E-state index < -0.39 is 20.0 Å². The van der Waals surface area contributed by atoms with Crippen LogP contribution in [0.5, 0.6) is 0 Å². The maximum absolute atomic E-state index is 13.1.